The second-order valence-corrected chi connectivity index (χ2v) is 6.60. The third-order valence-corrected chi connectivity index (χ3v) is 4.34. The van der Waals surface area contributed by atoms with Gasteiger partial charge in [0.2, 0.25) is 0 Å². The quantitative estimate of drug-likeness (QED) is 0.902. The third-order valence-electron chi connectivity index (χ3n) is 4.34. The number of carbonyl (C=O) groups is 1. The van der Waals surface area contributed by atoms with Crippen LogP contribution in [0.2, 0.25) is 0 Å². The van der Waals surface area contributed by atoms with Crippen molar-refractivity contribution in [2.24, 2.45) is 5.92 Å². The molecule has 1 heterocycles. The summed E-state index contributed by atoms with van der Waals surface area (Å²) in [6, 6.07) is 3.47. The average molecular weight is 308 g/mol. The number of alkyl halides is 1. The molecule has 0 amide bonds. The van der Waals surface area contributed by atoms with Gasteiger partial charge in [-0.3, -0.25) is 4.79 Å². The lowest BCUT2D eigenvalue weighted by Crippen LogP contribution is -2.21. The highest BCUT2D eigenvalue weighted by molar-refractivity contribution is 5.68. The average Bonchev–Trinajstić information content (AvgIpc) is 3.26. The first-order chi connectivity index (χ1) is 10.4. The Kier molecular flexibility index (Phi) is 3.75. The van der Waals surface area contributed by atoms with Gasteiger partial charge < -0.3 is 14.6 Å². The maximum Gasteiger partial charge on any atom is 0.303 e. The Balaban J connectivity index is 2.08. The largest absolute Gasteiger partial charge is 0.486 e. The topological polar surface area (TPSA) is 55.8 Å². The van der Waals surface area contributed by atoms with Crippen molar-refractivity contribution in [3.8, 4) is 11.5 Å². The van der Waals surface area contributed by atoms with Gasteiger partial charge in [0.25, 0.3) is 0 Å². The molecule has 1 N–H and O–H groups in total. The first-order valence-corrected chi connectivity index (χ1v) is 7.71. The maximum absolute atomic E-state index is 14.7. The molecule has 1 aromatic rings. The molecule has 2 aliphatic rings. The van der Waals surface area contributed by atoms with E-state index >= 15 is 0 Å². The van der Waals surface area contributed by atoms with Gasteiger partial charge in [0.15, 0.2) is 11.5 Å². The van der Waals surface area contributed by atoms with Crippen molar-refractivity contribution in [1.29, 1.82) is 0 Å². The van der Waals surface area contributed by atoms with Crippen molar-refractivity contribution in [2.75, 3.05) is 13.2 Å². The highest BCUT2D eigenvalue weighted by atomic mass is 19.1. The van der Waals surface area contributed by atoms with Crippen molar-refractivity contribution < 1.29 is 23.8 Å². The van der Waals surface area contributed by atoms with Crippen molar-refractivity contribution in [3.63, 3.8) is 0 Å². The van der Waals surface area contributed by atoms with Crippen LogP contribution in [-0.2, 0) is 10.5 Å². The van der Waals surface area contributed by atoms with Crippen LogP contribution in [0, 0.1) is 5.92 Å². The van der Waals surface area contributed by atoms with Crippen molar-refractivity contribution in [1.82, 2.24) is 0 Å². The molecule has 22 heavy (non-hydrogen) atoms. The molecule has 0 saturated heterocycles. The molecule has 1 aliphatic carbocycles. The van der Waals surface area contributed by atoms with Crippen LogP contribution >= 0.6 is 0 Å². The van der Waals surface area contributed by atoms with Crippen LogP contribution < -0.4 is 9.47 Å². The summed E-state index contributed by atoms with van der Waals surface area (Å²) in [6.07, 6.45) is 2.02. The molecule has 1 aromatic carbocycles. The first-order valence-electron chi connectivity index (χ1n) is 7.71. The van der Waals surface area contributed by atoms with Crippen LogP contribution in [0.1, 0.15) is 50.2 Å². The fourth-order valence-electron chi connectivity index (χ4n) is 3.14. The zero-order valence-corrected chi connectivity index (χ0v) is 12.9. The monoisotopic (exact) mass is 308 g/mol. The van der Waals surface area contributed by atoms with Crippen LogP contribution in [0.25, 0.3) is 0 Å². The van der Waals surface area contributed by atoms with Gasteiger partial charge in [-0.15, -0.1) is 0 Å². The summed E-state index contributed by atoms with van der Waals surface area (Å²) in [5, 5.41) is 9.20. The molecule has 5 heteroatoms. The van der Waals surface area contributed by atoms with E-state index in [1.165, 1.54) is 13.8 Å². The summed E-state index contributed by atoms with van der Waals surface area (Å²) in [7, 11) is 0. The Labute approximate surface area is 129 Å². The van der Waals surface area contributed by atoms with Gasteiger partial charge in [0.05, 0.1) is 6.42 Å². The number of hydrogen-bond donors (Lipinski definition) is 1. The molecule has 1 saturated carbocycles. The number of carboxylic acid groups (broad SMARTS) is 1. The van der Waals surface area contributed by atoms with Gasteiger partial charge in [-0.25, -0.2) is 4.39 Å². The zero-order valence-electron chi connectivity index (χ0n) is 12.9. The minimum Gasteiger partial charge on any atom is -0.486 e. The Morgan fingerprint density at radius 2 is 1.91 bits per heavy atom. The molecule has 1 fully saturated rings. The second-order valence-electron chi connectivity index (χ2n) is 6.60. The minimum absolute atomic E-state index is 0.0212. The van der Waals surface area contributed by atoms with Crippen molar-refractivity contribution in [3.05, 3.63) is 23.3 Å². The summed E-state index contributed by atoms with van der Waals surface area (Å²) < 4.78 is 25.8. The molecule has 1 unspecified atom stereocenters. The van der Waals surface area contributed by atoms with Gasteiger partial charge >= 0.3 is 5.97 Å². The lowest BCUT2D eigenvalue weighted by Gasteiger charge is -2.28. The number of benzene rings is 1. The molecule has 4 nitrogen and oxygen atoms in total. The van der Waals surface area contributed by atoms with Crippen LogP contribution in [-0.4, -0.2) is 24.3 Å². The molecule has 1 atom stereocenters. The number of aliphatic carboxylic acids is 1. The van der Waals surface area contributed by atoms with E-state index in [1.54, 1.807) is 12.1 Å². The predicted molar refractivity (Wildman–Crippen MR) is 79.3 cm³/mol. The van der Waals surface area contributed by atoms with Gasteiger partial charge in [0.1, 0.15) is 18.9 Å². The fraction of sp³-hybridized carbons (Fsp3) is 0.588. The lowest BCUT2D eigenvalue weighted by molar-refractivity contribution is -0.137. The summed E-state index contributed by atoms with van der Waals surface area (Å²) in [6.45, 7) is 3.89. The van der Waals surface area contributed by atoms with Crippen molar-refractivity contribution in [2.45, 2.75) is 44.7 Å². The molecular weight excluding hydrogens is 287 g/mol. The maximum atomic E-state index is 14.7. The number of carboxylic acids is 1. The van der Waals surface area contributed by atoms with Crippen LogP contribution in [0.3, 0.4) is 0 Å². The third kappa shape index (κ3) is 3.03. The minimum atomic E-state index is -1.56. The van der Waals surface area contributed by atoms with E-state index in [1.807, 2.05) is 0 Å². The summed E-state index contributed by atoms with van der Waals surface area (Å²) in [5.74, 6) is 0.429. The summed E-state index contributed by atoms with van der Waals surface area (Å²) in [4.78, 5) is 11.2. The molecular formula is C17H21FO4. The van der Waals surface area contributed by atoms with Gasteiger partial charge in [0, 0.05) is 0 Å². The lowest BCUT2D eigenvalue weighted by atomic mass is 9.82. The smallest absolute Gasteiger partial charge is 0.303 e. The molecule has 0 radical (unpaired) electrons. The van der Waals surface area contributed by atoms with Crippen LogP contribution in [0.5, 0.6) is 11.5 Å². The molecule has 3 rings (SSSR count). The highest BCUT2D eigenvalue weighted by Crippen LogP contribution is 2.49. The Morgan fingerprint density at radius 1 is 1.32 bits per heavy atom. The first kappa shape index (κ1) is 15.1. The Hall–Kier alpha value is -1.78. The van der Waals surface area contributed by atoms with Crippen LogP contribution in [0.4, 0.5) is 4.39 Å². The number of halogens is 1. The number of hydrogen-bond acceptors (Lipinski definition) is 3. The summed E-state index contributed by atoms with van der Waals surface area (Å²) in [5.41, 5.74) is -0.298. The fourth-order valence-corrected chi connectivity index (χ4v) is 3.14. The van der Waals surface area contributed by atoms with E-state index in [2.05, 4.69) is 0 Å². The van der Waals surface area contributed by atoms with E-state index in [0.717, 1.165) is 18.4 Å². The number of ether oxygens (including phenoxy) is 2. The van der Waals surface area contributed by atoms with Gasteiger partial charge in [-0.05, 0) is 61.8 Å². The molecule has 0 aromatic heterocycles. The molecule has 1 aliphatic heterocycles. The Bertz CT molecular complexity index is 587. The standard InChI is InChI=1S/C17H21FO4/c1-17(2,18)13-9-15-14(21-5-6-22-15)7-12(13)11(8-16(19)20)10-3-4-10/h7,9-11H,3-6,8H2,1-2H3,(H,19,20). The highest BCUT2D eigenvalue weighted by Gasteiger charge is 2.38. The van der Waals surface area contributed by atoms with Gasteiger partial charge in [-0.2, -0.15) is 0 Å². The summed E-state index contributed by atoms with van der Waals surface area (Å²) >= 11 is 0. The van der Waals surface area contributed by atoms with Gasteiger partial charge in [-0.1, -0.05) is 0 Å². The number of rotatable bonds is 5. The zero-order chi connectivity index (χ0) is 15.9. The van der Waals surface area contributed by atoms with E-state index in [-0.39, 0.29) is 12.3 Å². The van der Waals surface area contributed by atoms with E-state index in [4.69, 9.17) is 9.47 Å². The van der Waals surface area contributed by atoms with Crippen molar-refractivity contribution >= 4 is 5.97 Å². The predicted octanol–water partition coefficient (Wildman–Crippen LogP) is 3.63. The van der Waals surface area contributed by atoms with E-state index < -0.39 is 11.6 Å². The number of fused-ring (bicyclic) bond motifs is 1. The second kappa shape index (κ2) is 5.45. The normalized spacial score (nSPS) is 18.9. The van der Waals surface area contributed by atoms with E-state index in [0.29, 0.717) is 36.2 Å². The van der Waals surface area contributed by atoms with Crippen LogP contribution in [0.15, 0.2) is 12.1 Å². The molecule has 0 bridgehead atoms. The van der Waals surface area contributed by atoms with E-state index in [9.17, 15) is 14.3 Å². The Morgan fingerprint density at radius 3 is 2.41 bits per heavy atom. The molecule has 0 spiro atoms. The molecule has 120 valence electrons. The SMILES string of the molecule is CC(C)(F)c1cc2c(cc1C(CC(=O)O)C1CC1)OCCO2.